The maximum absolute atomic E-state index is 13.6. The lowest BCUT2D eigenvalue weighted by Gasteiger charge is -2.37. The van der Waals surface area contributed by atoms with Gasteiger partial charge in [-0.2, -0.15) is 0 Å². The molecule has 0 atom stereocenters. The van der Waals surface area contributed by atoms with E-state index >= 15 is 0 Å². The van der Waals surface area contributed by atoms with Gasteiger partial charge >= 0.3 is 0 Å². The van der Waals surface area contributed by atoms with Crippen molar-refractivity contribution in [1.82, 2.24) is 9.97 Å². The number of amides is 1. The number of anilines is 2. The Hall–Kier alpha value is -2.67. The zero-order valence-corrected chi connectivity index (χ0v) is 20.1. The normalized spacial score (nSPS) is 17.0. The monoisotopic (exact) mass is 450 g/mol. The maximum Gasteiger partial charge on any atom is 0.230 e. The number of nitrogens with zero attached hydrogens (tertiary/aromatic N) is 4. The molecule has 5 rings (SSSR count). The topological polar surface area (TPSA) is 58.6 Å². The molecule has 0 aliphatic carbocycles. The Kier molecular flexibility index (Phi) is 5.53. The zero-order valence-electron chi connectivity index (χ0n) is 19.3. The average Bonchev–Trinajstić information content (AvgIpc) is 3.12. The fraction of sp³-hybridized carbons (Fsp3) is 0.480. The molecule has 2 aromatic heterocycles. The number of aryl methyl sites for hydroxylation is 3. The molecule has 0 radical (unpaired) electrons. The molecule has 3 aromatic rings. The number of carbonyl (C=O) groups is 1. The lowest BCUT2D eigenvalue weighted by atomic mass is 9.91. The first-order valence-corrected chi connectivity index (χ1v) is 12.2. The van der Waals surface area contributed by atoms with Crippen LogP contribution in [0.3, 0.4) is 0 Å². The van der Waals surface area contributed by atoms with Crippen molar-refractivity contribution in [2.24, 2.45) is 5.92 Å². The van der Waals surface area contributed by atoms with Crippen molar-refractivity contribution in [2.45, 2.75) is 46.5 Å². The lowest BCUT2D eigenvalue weighted by Crippen LogP contribution is -2.45. The molecule has 168 valence electrons. The first-order chi connectivity index (χ1) is 15.5. The smallest absolute Gasteiger partial charge is 0.230 e. The minimum Gasteiger partial charge on any atom is -0.495 e. The average molecular weight is 451 g/mol. The van der Waals surface area contributed by atoms with Gasteiger partial charge in [-0.15, -0.1) is 11.3 Å². The fourth-order valence-electron chi connectivity index (χ4n) is 5.20. The van der Waals surface area contributed by atoms with E-state index in [4.69, 9.17) is 4.74 Å². The highest BCUT2D eigenvalue weighted by Crippen LogP contribution is 2.40. The summed E-state index contributed by atoms with van der Waals surface area (Å²) < 4.78 is 5.65. The largest absolute Gasteiger partial charge is 0.495 e. The Morgan fingerprint density at radius 2 is 1.91 bits per heavy atom. The van der Waals surface area contributed by atoms with Crippen molar-refractivity contribution >= 4 is 39.0 Å². The van der Waals surface area contributed by atoms with Gasteiger partial charge in [0.1, 0.15) is 22.7 Å². The third-order valence-corrected chi connectivity index (χ3v) is 8.25. The second-order valence-electron chi connectivity index (χ2n) is 8.93. The molecular weight excluding hydrogens is 420 g/mol. The Labute approximate surface area is 193 Å². The number of thiophene rings is 1. The minimum atomic E-state index is 0.0325. The summed E-state index contributed by atoms with van der Waals surface area (Å²) in [5, 5.41) is 1.17. The molecule has 1 saturated heterocycles. The summed E-state index contributed by atoms with van der Waals surface area (Å²) in [4.78, 5) is 29.4. The van der Waals surface area contributed by atoms with Crippen LogP contribution in [0.25, 0.3) is 10.2 Å². The van der Waals surface area contributed by atoms with Gasteiger partial charge in [0.2, 0.25) is 5.91 Å². The van der Waals surface area contributed by atoms with E-state index in [0.29, 0.717) is 0 Å². The Bertz CT molecular complexity index is 1180. The number of rotatable bonds is 3. The molecule has 2 aliphatic heterocycles. The number of hydrogen-bond acceptors (Lipinski definition) is 6. The molecule has 0 N–H and O–H groups in total. The van der Waals surface area contributed by atoms with Gasteiger partial charge in [-0.1, -0.05) is 6.07 Å². The highest BCUT2D eigenvalue weighted by molar-refractivity contribution is 7.18. The number of carbonyl (C=O) groups excluding carboxylic acids is 1. The predicted octanol–water partition coefficient (Wildman–Crippen LogP) is 4.82. The molecule has 0 spiro atoms. The van der Waals surface area contributed by atoms with Gasteiger partial charge in [-0.05, 0) is 69.2 Å². The Morgan fingerprint density at radius 3 is 2.66 bits per heavy atom. The summed E-state index contributed by atoms with van der Waals surface area (Å²) in [5.74, 6) is 2.10. The number of ether oxygens (including phenoxy) is 1. The van der Waals surface area contributed by atoms with Gasteiger partial charge in [0.25, 0.3) is 0 Å². The van der Waals surface area contributed by atoms with Gasteiger partial charge in [0.15, 0.2) is 0 Å². The highest BCUT2D eigenvalue weighted by atomic mass is 32.1. The van der Waals surface area contributed by atoms with Gasteiger partial charge in [0.05, 0.1) is 18.2 Å². The maximum atomic E-state index is 13.6. The van der Waals surface area contributed by atoms with Crippen molar-refractivity contribution in [2.75, 3.05) is 36.5 Å². The quantitative estimate of drug-likeness (QED) is 0.573. The minimum absolute atomic E-state index is 0.0325. The van der Waals surface area contributed by atoms with Crippen molar-refractivity contribution in [1.29, 1.82) is 0 Å². The van der Waals surface area contributed by atoms with Crippen molar-refractivity contribution in [3.63, 3.8) is 0 Å². The highest BCUT2D eigenvalue weighted by Gasteiger charge is 2.34. The molecule has 7 heteroatoms. The summed E-state index contributed by atoms with van der Waals surface area (Å²) in [6.45, 7) is 8.86. The molecule has 0 unspecified atom stereocenters. The van der Waals surface area contributed by atoms with Crippen molar-refractivity contribution < 1.29 is 9.53 Å². The van der Waals surface area contributed by atoms with E-state index in [-0.39, 0.29) is 11.8 Å². The third kappa shape index (κ3) is 3.43. The summed E-state index contributed by atoms with van der Waals surface area (Å²) in [5.41, 5.74) is 4.76. The van der Waals surface area contributed by atoms with Gasteiger partial charge < -0.3 is 14.5 Å². The van der Waals surface area contributed by atoms with Crippen LogP contribution in [0.5, 0.6) is 5.75 Å². The fourth-order valence-corrected chi connectivity index (χ4v) is 6.19. The SMILES string of the molecule is COc1ccc(C)c2c1N(C(=O)C1CCN(c3ncnc4sc(C)c(C)c34)CC1)CCC2. The summed E-state index contributed by atoms with van der Waals surface area (Å²) in [7, 11) is 1.69. The van der Waals surface area contributed by atoms with E-state index in [2.05, 4.69) is 41.7 Å². The van der Waals surface area contributed by atoms with Crippen LogP contribution in [0.2, 0.25) is 0 Å². The number of aromatic nitrogens is 2. The van der Waals surface area contributed by atoms with Crippen molar-refractivity contribution in [3.8, 4) is 5.75 Å². The standard InChI is InChI=1S/C25H30N4O2S/c1-15-7-8-20(31-4)22-19(15)6-5-11-29(22)25(30)18-9-12-28(13-10-18)23-21-16(2)17(3)32-24(21)27-14-26-23/h7-8,14,18H,5-6,9-13H2,1-4H3. The summed E-state index contributed by atoms with van der Waals surface area (Å²) in [6.07, 6.45) is 5.35. The van der Waals surface area contributed by atoms with Crippen LogP contribution in [-0.4, -0.2) is 42.6 Å². The van der Waals surface area contributed by atoms with E-state index in [1.54, 1.807) is 24.8 Å². The third-order valence-electron chi connectivity index (χ3n) is 7.13. The number of piperidine rings is 1. The van der Waals surface area contributed by atoms with Crippen LogP contribution in [-0.2, 0) is 11.2 Å². The van der Waals surface area contributed by atoms with E-state index in [9.17, 15) is 4.79 Å². The number of hydrogen-bond donors (Lipinski definition) is 0. The Balaban J connectivity index is 1.36. The van der Waals surface area contributed by atoms with Crippen LogP contribution in [0, 0.1) is 26.7 Å². The van der Waals surface area contributed by atoms with Gasteiger partial charge in [-0.25, -0.2) is 9.97 Å². The molecule has 1 amide bonds. The van der Waals surface area contributed by atoms with Crippen LogP contribution in [0.1, 0.15) is 40.8 Å². The predicted molar refractivity (Wildman–Crippen MR) is 130 cm³/mol. The molecule has 0 bridgehead atoms. The molecule has 1 fully saturated rings. The number of methoxy groups -OCH3 is 1. The van der Waals surface area contributed by atoms with Crippen LogP contribution in [0.15, 0.2) is 18.5 Å². The van der Waals surface area contributed by atoms with Crippen molar-refractivity contribution in [3.05, 3.63) is 40.0 Å². The van der Waals surface area contributed by atoms with Crippen LogP contribution < -0.4 is 14.5 Å². The molecule has 1 aromatic carbocycles. The van der Waals surface area contributed by atoms with Crippen LogP contribution >= 0.6 is 11.3 Å². The summed E-state index contributed by atoms with van der Waals surface area (Å²) in [6, 6.07) is 4.09. The van der Waals surface area contributed by atoms with E-state index < -0.39 is 0 Å². The zero-order chi connectivity index (χ0) is 22.4. The lowest BCUT2D eigenvalue weighted by molar-refractivity contribution is -0.123. The molecule has 6 nitrogen and oxygen atoms in total. The van der Waals surface area contributed by atoms with E-state index in [1.807, 2.05) is 11.0 Å². The van der Waals surface area contributed by atoms with Crippen LogP contribution in [0.4, 0.5) is 11.5 Å². The molecule has 2 aliphatic rings. The molecule has 32 heavy (non-hydrogen) atoms. The molecular formula is C25H30N4O2S. The first-order valence-electron chi connectivity index (χ1n) is 11.4. The molecule has 4 heterocycles. The Morgan fingerprint density at radius 1 is 1.12 bits per heavy atom. The van der Waals surface area contributed by atoms with Gasteiger partial charge in [0, 0.05) is 30.4 Å². The second-order valence-corrected chi connectivity index (χ2v) is 10.1. The van der Waals surface area contributed by atoms with Gasteiger partial charge in [-0.3, -0.25) is 4.79 Å². The second kappa shape index (κ2) is 8.35. The number of benzene rings is 1. The van der Waals surface area contributed by atoms with E-state index in [1.165, 1.54) is 27.0 Å². The number of fused-ring (bicyclic) bond motifs is 2. The molecule has 0 saturated carbocycles. The summed E-state index contributed by atoms with van der Waals surface area (Å²) >= 11 is 1.73. The van der Waals surface area contributed by atoms with E-state index in [0.717, 1.165) is 67.4 Å². The first kappa shape index (κ1) is 21.2.